The maximum Gasteiger partial charge on any atom is 0.261 e. The van der Waals surface area contributed by atoms with E-state index in [1.165, 1.54) is 26.3 Å². The first-order chi connectivity index (χ1) is 15.3. The molecular formula is C25H29N3O4. The standard InChI is InChI=1S/C25H29N3O4/c1-27-22(30)18-5-4-17(10-19(18)23(27)31)26-21(29)20-3-2-6-28(20)24(32)25-11-14-7-15(12-25)9-16(8-14)13-25/h4-5,10,14-16,20H,2-3,6-9,11-13H2,1H3,(H,26,29)/t14?,15?,16?,20-,25?/m0/s1. The van der Waals surface area contributed by atoms with Crippen molar-refractivity contribution in [3.05, 3.63) is 29.3 Å². The van der Waals surface area contributed by atoms with Gasteiger partial charge in [0.05, 0.1) is 16.5 Å². The first-order valence-electron chi connectivity index (χ1n) is 11.9. The highest BCUT2D eigenvalue weighted by atomic mass is 16.2. The van der Waals surface area contributed by atoms with Crippen LogP contribution < -0.4 is 5.32 Å². The van der Waals surface area contributed by atoms with E-state index in [2.05, 4.69) is 5.32 Å². The summed E-state index contributed by atoms with van der Waals surface area (Å²) in [7, 11) is 1.45. The van der Waals surface area contributed by atoms with Crippen molar-refractivity contribution in [2.24, 2.45) is 23.2 Å². The molecule has 7 nitrogen and oxygen atoms in total. The summed E-state index contributed by atoms with van der Waals surface area (Å²) in [5.74, 6) is 1.36. The van der Waals surface area contributed by atoms with Crippen molar-refractivity contribution in [3.8, 4) is 0 Å². The molecule has 0 unspecified atom stereocenters. The molecule has 2 heterocycles. The van der Waals surface area contributed by atoms with Gasteiger partial charge in [0.2, 0.25) is 11.8 Å². The zero-order chi connectivity index (χ0) is 22.2. The van der Waals surface area contributed by atoms with Crippen LogP contribution in [0.5, 0.6) is 0 Å². The maximum atomic E-state index is 13.8. The number of carbonyl (C=O) groups excluding carboxylic acids is 4. The number of amides is 4. The van der Waals surface area contributed by atoms with Gasteiger partial charge in [-0.15, -0.1) is 0 Å². The average molecular weight is 436 g/mol. The molecule has 1 aromatic carbocycles. The summed E-state index contributed by atoms with van der Waals surface area (Å²) in [6.07, 6.45) is 8.33. The molecule has 1 saturated heterocycles. The number of carbonyl (C=O) groups is 4. The highest BCUT2D eigenvalue weighted by Gasteiger charge is 2.56. The molecule has 4 saturated carbocycles. The van der Waals surface area contributed by atoms with Crippen molar-refractivity contribution >= 4 is 29.3 Å². The summed E-state index contributed by atoms with van der Waals surface area (Å²) >= 11 is 0. The van der Waals surface area contributed by atoms with Crippen LogP contribution in [0.15, 0.2) is 18.2 Å². The van der Waals surface area contributed by atoms with Crippen LogP contribution in [0, 0.1) is 23.2 Å². The van der Waals surface area contributed by atoms with Crippen LogP contribution in [0.1, 0.15) is 72.1 Å². The highest BCUT2D eigenvalue weighted by molar-refractivity contribution is 6.21. The SMILES string of the molecule is CN1C(=O)c2ccc(NC(=O)[C@@H]3CCCN3C(=O)C34CC5CC(CC(C5)C3)C4)cc2C1=O. The van der Waals surface area contributed by atoms with Crippen LogP contribution >= 0.6 is 0 Å². The lowest BCUT2D eigenvalue weighted by Crippen LogP contribution is -2.56. The second kappa shape index (κ2) is 6.90. The first-order valence-corrected chi connectivity index (χ1v) is 11.9. The van der Waals surface area contributed by atoms with E-state index in [4.69, 9.17) is 0 Å². The molecule has 1 atom stereocenters. The number of hydrogen-bond donors (Lipinski definition) is 1. The predicted molar refractivity (Wildman–Crippen MR) is 117 cm³/mol. The van der Waals surface area contributed by atoms with Gasteiger partial charge in [0.1, 0.15) is 6.04 Å². The molecule has 6 aliphatic rings. The van der Waals surface area contributed by atoms with Gasteiger partial charge in [0.25, 0.3) is 11.8 Å². The number of rotatable bonds is 3. The number of benzene rings is 1. The zero-order valence-corrected chi connectivity index (χ0v) is 18.4. The van der Waals surface area contributed by atoms with Crippen LogP contribution in [-0.2, 0) is 9.59 Å². The monoisotopic (exact) mass is 435 g/mol. The second-order valence-corrected chi connectivity index (χ2v) is 10.8. The Balaban J connectivity index is 1.20. The number of nitrogens with zero attached hydrogens (tertiary/aromatic N) is 2. The molecule has 0 radical (unpaired) electrons. The molecule has 4 aliphatic carbocycles. The summed E-state index contributed by atoms with van der Waals surface area (Å²) in [6, 6.07) is 4.34. The molecule has 7 rings (SSSR count). The summed E-state index contributed by atoms with van der Waals surface area (Å²) in [4.78, 5) is 54.3. The van der Waals surface area contributed by atoms with Crippen LogP contribution in [0.2, 0.25) is 0 Å². The first kappa shape index (κ1) is 19.9. The van der Waals surface area contributed by atoms with Gasteiger partial charge in [-0.2, -0.15) is 0 Å². The van der Waals surface area contributed by atoms with Gasteiger partial charge in [-0.3, -0.25) is 24.1 Å². The van der Waals surface area contributed by atoms with E-state index in [1.54, 1.807) is 18.2 Å². The van der Waals surface area contributed by atoms with E-state index in [1.807, 2.05) is 4.90 Å². The van der Waals surface area contributed by atoms with Gasteiger partial charge in [-0.05, 0) is 87.3 Å². The number of hydrogen-bond acceptors (Lipinski definition) is 4. The smallest absolute Gasteiger partial charge is 0.261 e. The molecule has 4 bridgehead atoms. The molecule has 7 heteroatoms. The Morgan fingerprint density at radius 2 is 1.59 bits per heavy atom. The van der Waals surface area contributed by atoms with E-state index < -0.39 is 6.04 Å². The molecular weight excluding hydrogens is 406 g/mol. The van der Waals surface area contributed by atoms with Crippen LogP contribution in [0.4, 0.5) is 5.69 Å². The normalized spacial score (nSPS) is 34.9. The predicted octanol–water partition coefficient (Wildman–Crippen LogP) is 3.06. The van der Waals surface area contributed by atoms with Crippen molar-refractivity contribution in [1.29, 1.82) is 0 Å². The van der Waals surface area contributed by atoms with Crippen molar-refractivity contribution in [2.75, 3.05) is 18.9 Å². The van der Waals surface area contributed by atoms with Crippen molar-refractivity contribution in [2.45, 2.75) is 57.4 Å². The van der Waals surface area contributed by atoms with Gasteiger partial charge < -0.3 is 10.2 Å². The number of anilines is 1. The van der Waals surface area contributed by atoms with Crippen LogP contribution in [0.25, 0.3) is 0 Å². The third-order valence-corrected chi connectivity index (χ3v) is 8.67. The summed E-state index contributed by atoms with van der Waals surface area (Å²) in [6.45, 7) is 0.640. The molecule has 0 spiro atoms. The maximum absolute atomic E-state index is 13.8. The minimum absolute atomic E-state index is 0.200. The Kier molecular flexibility index (Phi) is 4.30. The summed E-state index contributed by atoms with van der Waals surface area (Å²) in [5, 5.41) is 2.91. The van der Waals surface area contributed by atoms with Gasteiger partial charge in [0.15, 0.2) is 0 Å². The number of imide groups is 1. The van der Waals surface area contributed by atoms with Crippen LogP contribution in [0.3, 0.4) is 0 Å². The third-order valence-electron chi connectivity index (χ3n) is 8.67. The zero-order valence-electron chi connectivity index (χ0n) is 18.4. The van der Waals surface area contributed by atoms with Gasteiger partial charge in [-0.25, -0.2) is 0 Å². The topological polar surface area (TPSA) is 86.8 Å². The molecule has 5 fully saturated rings. The van der Waals surface area contributed by atoms with Crippen molar-refractivity contribution < 1.29 is 19.2 Å². The average Bonchev–Trinajstić information content (AvgIpc) is 3.33. The van der Waals surface area contributed by atoms with Crippen molar-refractivity contribution in [3.63, 3.8) is 0 Å². The second-order valence-electron chi connectivity index (χ2n) is 10.8. The fraction of sp³-hybridized carbons (Fsp3) is 0.600. The molecule has 1 N–H and O–H groups in total. The summed E-state index contributed by atoms with van der Waals surface area (Å²) in [5.41, 5.74) is 0.903. The van der Waals surface area contributed by atoms with Crippen molar-refractivity contribution in [1.82, 2.24) is 9.80 Å². The molecule has 2 aliphatic heterocycles. The van der Waals surface area contributed by atoms with E-state index in [0.717, 1.165) is 30.6 Å². The minimum Gasteiger partial charge on any atom is -0.330 e. The fourth-order valence-electron chi connectivity index (χ4n) is 7.62. The van der Waals surface area contributed by atoms with Gasteiger partial charge in [0, 0.05) is 19.3 Å². The highest BCUT2D eigenvalue weighted by Crippen LogP contribution is 2.60. The molecule has 0 aromatic heterocycles. The number of nitrogens with one attached hydrogen (secondary N) is 1. The number of fused-ring (bicyclic) bond motifs is 1. The molecule has 4 amide bonds. The van der Waals surface area contributed by atoms with Crippen LogP contribution in [-0.4, -0.2) is 53.1 Å². The quantitative estimate of drug-likeness (QED) is 0.740. The van der Waals surface area contributed by atoms with E-state index in [-0.39, 0.29) is 29.0 Å². The Morgan fingerprint density at radius 1 is 0.969 bits per heavy atom. The molecule has 168 valence electrons. The number of likely N-dealkylation sites (tertiary alicyclic amines) is 1. The minimum atomic E-state index is -0.469. The van der Waals surface area contributed by atoms with E-state index in [9.17, 15) is 19.2 Å². The Morgan fingerprint density at radius 3 is 2.25 bits per heavy atom. The Bertz CT molecular complexity index is 1010. The largest absolute Gasteiger partial charge is 0.330 e. The van der Waals surface area contributed by atoms with Gasteiger partial charge >= 0.3 is 0 Å². The lowest BCUT2D eigenvalue weighted by molar-refractivity contribution is -0.160. The lowest BCUT2D eigenvalue weighted by atomic mass is 9.49. The van der Waals surface area contributed by atoms with Gasteiger partial charge in [-0.1, -0.05) is 0 Å². The lowest BCUT2D eigenvalue weighted by Gasteiger charge is -2.56. The molecule has 1 aromatic rings. The third kappa shape index (κ3) is 2.86. The fourth-order valence-corrected chi connectivity index (χ4v) is 7.62. The molecule has 32 heavy (non-hydrogen) atoms. The Labute approximate surface area is 187 Å². The van der Waals surface area contributed by atoms with E-state index in [0.29, 0.717) is 47.5 Å². The Hall–Kier alpha value is -2.70. The van der Waals surface area contributed by atoms with E-state index >= 15 is 0 Å². The summed E-state index contributed by atoms with van der Waals surface area (Å²) < 4.78 is 0.